The number of methoxy groups -OCH3 is 1. The second-order valence-electron chi connectivity index (χ2n) is 6.01. The molecule has 2 aromatic heterocycles. The Balaban J connectivity index is 2.06. The van der Waals surface area contributed by atoms with Gasteiger partial charge >= 0.3 is 5.97 Å². The number of hydrogen-bond donors (Lipinski definition) is 0. The van der Waals surface area contributed by atoms with Crippen molar-refractivity contribution >= 4 is 17.9 Å². The van der Waals surface area contributed by atoms with E-state index in [0.29, 0.717) is 23.9 Å². The van der Waals surface area contributed by atoms with Crippen LogP contribution in [-0.4, -0.2) is 34.6 Å². The summed E-state index contributed by atoms with van der Waals surface area (Å²) in [4.78, 5) is 27.6. The van der Waals surface area contributed by atoms with Crippen molar-refractivity contribution in [3.63, 3.8) is 0 Å². The van der Waals surface area contributed by atoms with Crippen LogP contribution in [-0.2, 0) is 11.3 Å². The number of anilines is 1. The van der Waals surface area contributed by atoms with Gasteiger partial charge in [-0.25, -0.2) is 14.8 Å². The Labute approximate surface area is 147 Å². The zero-order valence-electron chi connectivity index (χ0n) is 14.6. The number of aromatic nitrogens is 3. The van der Waals surface area contributed by atoms with Gasteiger partial charge in [0.05, 0.1) is 7.11 Å². The van der Waals surface area contributed by atoms with E-state index in [1.54, 1.807) is 18.5 Å². The zero-order valence-corrected chi connectivity index (χ0v) is 14.6. The molecule has 1 aliphatic rings. The lowest BCUT2D eigenvalue weighted by Gasteiger charge is -2.25. The average molecular weight is 338 g/mol. The molecule has 0 unspecified atom stereocenters. The summed E-state index contributed by atoms with van der Waals surface area (Å²) in [6.07, 6.45) is 7.29. The van der Waals surface area contributed by atoms with Gasteiger partial charge in [-0.3, -0.25) is 4.98 Å². The van der Waals surface area contributed by atoms with Crippen LogP contribution in [0.2, 0.25) is 0 Å². The van der Waals surface area contributed by atoms with Gasteiger partial charge in [0.2, 0.25) is 0 Å². The van der Waals surface area contributed by atoms with Gasteiger partial charge in [-0.2, -0.15) is 0 Å². The molecule has 6 heteroatoms. The maximum atomic E-state index is 12.2. The summed E-state index contributed by atoms with van der Waals surface area (Å²) < 4.78 is 4.92. The minimum atomic E-state index is -0.458. The van der Waals surface area contributed by atoms with Crippen molar-refractivity contribution in [1.29, 1.82) is 0 Å². The van der Waals surface area contributed by atoms with Crippen LogP contribution in [0.25, 0.3) is 6.08 Å². The SMILES string of the molecule is C=Cc1c(C(=O)OC)nc(C2CC2)nc1N(CC)Cc1ccncc1. The Morgan fingerprint density at radius 1 is 1.36 bits per heavy atom. The number of rotatable bonds is 7. The van der Waals surface area contributed by atoms with E-state index in [9.17, 15) is 4.79 Å². The number of esters is 1. The standard InChI is InChI=1S/C19H22N4O2/c1-4-15-16(19(24)25-3)21-17(14-6-7-14)22-18(15)23(5-2)12-13-8-10-20-11-9-13/h4,8-11,14H,1,5-7,12H2,2-3H3. The van der Waals surface area contributed by atoms with Gasteiger partial charge in [-0.1, -0.05) is 12.7 Å². The van der Waals surface area contributed by atoms with Crippen LogP contribution in [0.5, 0.6) is 0 Å². The van der Waals surface area contributed by atoms with Crippen LogP contribution in [0, 0.1) is 0 Å². The first-order valence-electron chi connectivity index (χ1n) is 8.44. The molecule has 0 spiro atoms. The molecule has 1 aliphatic carbocycles. The van der Waals surface area contributed by atoms with Crippen molar-refractivity contribution in [3.8, 4) is 0 Å². The first-order valence-corrected chi connectivity index (χ1v) is 8.44. The van der Waals surface area contributed by atoms with E-state index in [1.165, 1.54) is 7.11 Å². The van der Waals surface area contributed by atoms with Crippen molar-refractivity contribution in [2.24, 2.45) is 0 Å². The van der Waals surface area contributed by atoms with Gasteiger partial charge in [-0.15, -0.1) is 0 Å². The Bertz CT molecular complexity index is 772. The summed E-state index contributed by atoms with van der Waals surface area (Å²) in [5, 5.41) is 0. The molecule has 0 aliphatic heterocycles. The van der Waals surface area contributed by atoms with Gasteiger partial charge in [-0.05, 0) is 37.5 Å². The second-order valence-corrected chi connectivity index (χ2v) is 6.01. The van der Waals surface area contributed by atoms with E-state index < -0.39 is 5.97 Å². The van der Waals surface area contributed by atoms with E-state index in [4.69, 9.17) is 9.72 Å². The van der Waals surface area contributed by atoms with E-state index in [-0.39, 0.29) is 5.69 Å². The number of nitrogens with zero attached hydrogens (tertiary/aromatic N) is 4. The van der Waals surface area contributed by atoms with Gasteiger partial charge < -0.3 is 9.64 Å². The number of ether oxygens (including phenoxy) is 1. The van der Waals surface area contributed by atoms with Crippen molar-refractivity contribution in [2.75, 3.05) is 18.6 Å². The van der Waals surface area contributed by atoms with E-state index >= 15 is 0 Å². The van der Waals surface area contributed by atoms with Gasteiger partial charge in [0, 0.05) is 37.0 Å². The molecule has 25 heavy (non-hydrogen) atoms. The molecule has 0 aromatic carbocycles. The lowest BCUT2D eigenvalue weighted by molar-refractivity contribution is 0.0593. The normalized spacial score (nSPS) is 13.4. The Hall–Kier alpha value is -2.76. The topological polar surface area (TPSA) is 68.2 Å². The molecule has 0 radical (unpaired) electrons. The highest BCUT2D eigenvalue weighted by atomic mass is 16.5. The summed E-state index contributed by atoms with van der Waals surface area (Å²) in [6, 6.07) is 3.95. The highest BCUT2D eigenvalue weighted by Crippen LogP contribution is 2.39. The first-order chi connectivity index (χ1) is 12.2. The van der Waals surface area contributed by atoms with Gasteiger partial charge in [0.15, 0.2) is 5.69 Å². The maximum absolute atomic E-state index is 12.2. The third-order valence-corrected chi connectivity index (χ3v) is 4.27. The van der Waals surface area contributed by atoms with Crippen molar-refractivity contribution in [2.45, 2.75) is 32.2 Å². The fourth-order valence-corrected chi connectivity index (χ4v) is 2.72. The molecular formula is C19H22N4O2. The molecule has 0 N–H and O–H groups in total. The summed E-state index contributed by atoms with van der Waals surface area (Å²) >= 11 is 0. The molecular weight excluding hydrogens is 316 g/mol. The van der Waals surface area contributed by atoms with Crippen molar-refractivity contribution in [3.05, 3.63) is 53.8 Å². The molecule has 3 rings (SSSR count). The maximum Gasteiger partial charge on any atom is 0.357 e. The first kappa shape index (κ1) is 17.1. The summed E-state index contributed by atoms with van der Waals surface area (Å²) in [5.41, 5.74) is 2.03. The number of carbonyl (C=O) groups is 1. The van der Waals surface area contributed by atoms with Crippen molar-refractivity contribution in [1.82, 2.24) is 15.0 Å². The lowest BCUT2D eigenvalue weighted by atomic mass is 10.1. The second kappa shape index (κ2) is 7.42. The number of hydrogen-bond acceptors (Lipinski definition) is 6. The van der Waals surface area contributed by atoms with Crippen LogP contribution >= 0.6 is 0 Å². The van der Waals surface area contributed by atoms with Crippen LogP contribution < -0.4 is 4.90 Å². The minimum absolute atomic E-state index is 0.289. The van der Waals surface area contributed by atoms with E-state index in [1.807, 2.05) is 12.1 Å². The molecule has 1 fully saturated rings. The largest absolute Gasteiger partial charge is 0.464 e. The van der Waals surface area contributed by atoms with Crippen molar-refractivity contribution < 1.29 is 9.53 Å². The molecule has 130 valence electrons. The van der Waals surface area contributed by atoms with Crippen LogP contribution in [0.1, 0.15) is 53.1 Å². The number of pyridine rings is 1. The molecule has 1 saturated carbocycles. The average Bonchev–Trinajstić information content (AvgIpc) is 3.50. The van der Waals surface area contributed by atoms with Gasteiger partial charge in [0.25, 0.3) is 0 Å². The zero-order chi connectivity index (χ0) is 17.8. The minimum Gasteiger partial charge on any atom is -0.464 e. The predicted molar refractivity (Wildman–Crippen MR) is 96.4 cm³/mol. The molecule has 2 aromatic rings. The highest BCUT2D eigenvalue weighted by molar-refractivity contribution is 5.93. The third kappa shape index (κ3) is 3.68. The molecule has 6 nitrogen and oxygen atoms in total. The Morgan fingerprint density at radius 2 is 2.08 bits per heavy atom. The highest BCUT2D eigenvalue weighted by Gasteiger charge is 2.30. The smallest absolute Gasteiger partial charge is 0.357 e. The molecule has 2 heterocycles. The fraction of sp³-hybridized carbons (Fsp3) is 0.368. The summed E-state index contributed by atoms with van der Waals surface area (Å²) in [7, 11) is 1.36. The monoisotopic (exact) mass is 338 g/mol. The fourth-order valence-electron chi connectivity index (χ4n) is 2.72. The van der Waals surface area contributed by atoms with Crippen LogP contribution in [0.15, 0.2) is 31.1 Å². The van der Waals surface area contributed by atoms with Gasteiger partial charge in [0.1, 0.15) is 11.6 Å². The van der Waals surface area contributed by atoms with E-state index in [2.05, 4.69) is 28.4 Å². The Kier molecular flexibility index (Phi) is 5.07. The summed E-state index contributed by atoms with van der Waals surface area (Å²) in [5.74, 6) is 1.32. The molecule has 0 bridgehead atoms. The lowest BCUT2D eigenvalue weighted by Crippen LogP contribution is -2.26. The molecule has 0 atom stereocenters. The Morgan fingerprint density at radius 3 is 2.64 bits per heavy atom. The summed E-state index contributed by atoms with van der Waals surface area (Å²) in [6.45, 7) is 7.33. The molecule has 0 amide bonds. The van der Waals surface area contributed by atoms with E-state index in [0.717, 1.165) is 30.8 Å². The predicted octanol–water partition coefficient (Wildman–Crippen LogP) is 3.21. The number of carbonyl (C=O) groups excluding carboxylic acids is 1. The van der Waals surface area contributed by atoms with Crippen LogP contribution in [0.3, 0.4) is 0 Å². The van der Waals surface area contributed by atoms with Crippen LogP contribution in [0.4, 0.5) is 5.82 Å². The quantitative estimate of drug-likeness (QED) is 0.722. The molecule has 0 saturated heterocycles. The third-order valence-electron chi connectivity index (χ3n) is 4.27.